The van der Waals surface area contributed by atoms with E-state index in [-0.39, 0.29) is 16.2 Å². The molecule has 0 radical (unpaired) electrons. The van der Waals surface area contributed by atoms with Gasteiger partial charge in [0.1, 0.15) is 11.6 Å². The number of aromatic nitrogens is 2. The summed E-state index contributed by atoms with van der Waals surface area (Å²) in [5, 5.41) is 4.58. The first-order chi connectivity index (χ1) is 40.4. The molecule has 0 aliphatic heterocycles. The van der Waals surface area contributed by atoms with Crippen molar-refractivity contribution in [1.29, 1.82) is 0 Å². The maximum Gasteiger partial charge on any atom is 0.145 e. The lowest BCUT2D eigenvalue weighted by atomic mass is 9.81. The Balaban J connectivity index is 0.671. The number of benzene rings is 10. The van der Waals surface area contributed by atoms with Crippen LogP contribution in [0.5, 0.6) is 0 Å². The van der Waals surface area contributed by atoms with Crippen LogP contribution in [0.15, 0.2) is 243 Å². The number of anilines is 6. The smallest absolute Gasteiger partial charge is 0.145 e. The largest absolute Gasteiger partial charge is 0.295 e. The van der Waals surface area contributed by atoms with Gasteiger partial charge in [-0.3, -0.25) is 9.80 Å². The quantitative estimate of drug-likeness (QED) is 0.128. The van der Waals surface area contributed by atoms with Gasteiger partial charge in [-0.15, -0.1) is 0 Å². The molecule has 12 aromatic rings. The van der Waals surface area contributed by atoms with E-state index in [1.165, 1.54) is 99.8 Å². The Bertz CT molecular complexity index is 4350. The molecule has 10 aromatic carbocycles. The zero-order valence-electron chi connectivity index (χ0n) is 47.7. The van der Waals surface area contributed by atoms with E-state index in [2.05, 4.69) is 306 Å². The summed E-state index contributed by atoms with van der Waals surface area (Å²) in [6.07, 6.45) is 13.0. The van der Waals surface area contributed by atoms with Crippen LogP contribution in [0.4, 0.5) is 34.4 Å². The fraction of sp³-hybridized carbons (Fsp3) is 0.114. The summed E-state index contributed by atoms with van der Waals surface area (Å²) in [6, 6.07) is 84.4. The maximum atomic E-state index is 4.99. The van der Waals surface area contributed by atoms with Crippen molar-refractivity contribution in [2.75, 3.05) is 9.80 Å². The van der Waals surface area contributed by atoms with E-state index in [9.17, 15) is 0 Å². The van der Waals surface area contributed by atoms with Gasteiger partial charge in [-0.2, -0.15) is 0 Å². The third-order valence-corrected chi connectivity index (χ3v) is 18.3. The van der Waals surface area contributed by atoms with Crippen LogP contribution in [-0.4, -0.2) is 9.97 Å². The van der Waals surface area contributed by atoms with E-state index in [4.69, 9.17) is 9.97 Å². The Hall–Kier alpha value is -9.90. The summed E-state index contributed by atoms with van der Waals surface area (Å²) in [5.74, 6) is 1.85. The highest BCUT2D eigenvalue weighted by atomic mass is 15.2. The Labute approximate surface area is 487 Å². The van der Waals surface area contributed by atoms with E-state index in [0.29, 0.717) is 0 Å². The molecule has 4 nitrogen and oxygen atoms in total. The van der Waals surface area contributed by atoms with Gasteiger partial charge in [0.25, 0.3) is 0 Å². The first-order valence-corrected chi connectivity index (χ1v) is 29.0. The predicted octanol–water partition coefficient (Wildman–Crippen LogP) is 21.0. The topological polar surface area (TPSA) is 32.3 Å². The maximum absolute atomic E-state index is 4.99. The van der Waals surface area contributed by atoms with Crippen LogP contribution in [0.1, 0.15) is 97.2 Å². The number of fused-ring (bicyclic) bond motifs is 11. The van der Waals surface area contributed by atoms with Crippen LogP contribution in [0, 0.1) is 0 Å². The highest BCUT2D eigenvalue weighted by Gasteiger charge is 2.39. The minimum atomic E-state index is -0.212. The van der Waals surface area contributed by atoms with Crippen molar-refractivity contribution in [3.63, 3.8) is 0 Å². The Kier molecular flexibility index (Phi) is 11.5. The first kappa shape index (κ1) is 50.1. The van der Waals surface area contributed by atoms with Crippen LogP contribution in [0.2, 0.25) is 0 Å². The van der Waals surface area contributed by atoms with Gasteiger partial charge in [0.15, 0.2) is 0 Å². The zero-order chi connectivity index (χ0) is 56.2. The number of nitrogens with zero attached hydrogens (tertiary/aromatic N) is 4. The molecule has 398 valence electrons. The van der Waals surface area contributed by atoms with Crippen molar-refractivity contribution in [3.8, 4) is 33.4 Å². The molecule has 2 aromatic heterocycles. The van der Waals surface area contributed by atoms with Gasteiger partial charge in [-0.05, 0) is 160 Å². The summed E-state index contributed by atoms with van der Waals surface area (Å²) >= 11 is 0. The molecular formula is C79H62N4. The second-order valence-electron chi connectivity index (χ2n) is 24.3. The molecule has 3 aliphatic carbocycles. The standard InChI is InChI=1S/C79H62N4/c1-77(2)69-45-51(25-27-53-31-37-65-67-39-33-59(49-73(67)78(3,4)71(65)47-53)82(57-19-9-7-10-20-57)75-61-23-15-13-17-55(61)41-43-80-75)29-35-63(69)64-36-30-52(46-70(64)77)26-28-54-32-38-66-68-40-34-60(50-74(68)79(5,6)72(66)48-54)83(58-21-11-8-12-22-58)76-62-24-16-14-18-56(62)42-44-81-76/h7-50H,1-6H3/b27-25+,28-26+. The van der Waals surface area contributed by atoms with Crippen molar-refractivity contribution in [3.05, 3.63) is 299 Å². The normalized spacial score (nSPS) is 14.6. The second-order valence-corrected chi connectivity index (χ2v) is 24.3. The number of para-hydroxylation sites is 2. The first-order valence-electron chi connectivity index (χ1n) is 29.0. The lowest BCUT2D eigenvalue weighted by molar-refractivity contribution is 0.660. The van der Waals surface area contributed by atoms with Crippen molar-refractivity contribution in [2.24, 2.45) is 0 Å². The van der Waals surface area contributed by atoms with Gasteiger partial charge in [-0.25, -0.2) is 9.97 Å². The average molecular weight is 1070 g/mol. The van der Waals surface area contributed by atoms with Gasteiger partial charge in [0.2, 0.25) is 0 Å². The molecule has 83 heavy (non-hydrogen) atoms. The Morgan fingerprint density at radius 2 is 0.566 bits per heavy atom. The lowest BCUT2D eigenvalue weighted by Gasteiger charge is -2.28. The average Bonchev–Trinajstić information content (AvgIpc) is 4.07. The molecule has 2 heterocycles. The van der Waals surface area contributed by atoms with Crippen molar-refractivity contribution >= 4 is 80.2 Å². The van der Waals surface area contributed by atoms with E-state index in [1.807, 2.05) is 12.4 Å². The van der Waals surface area contributed by atoms with Gasteiger partial charge >= 0.3 is 0 Å². The highest BCUT2D eigenvalue weighted by molar-refractivity contribution is 5.99. The SMILES string of the molecule is CC1(C)c2cc(/C=C/c3ccc4c(c3)C(C)(C)c3cc(N(c5ccccc5)c5nccc6ccccc56)ccc3-4)ccc2-c2ccc(/C=C/c3ccc4c(c3)C(C)(C)c3cc(N(c5ccccc5)c5nccc6ccccc56)ccc3-4)cc21. The molecule has 0 fully saturated rings. The van der Waals surface area contributed by atoms with Crippen LogP contribution in [-0.2, 0) is 16.2 Å². The molecule has 0 spiro atoms. The third-order valence-electron chi connectivity index (χ3n) is 18.3. The third kappa shape index (κ3) is 8.18. The van der Waals surface area contributed by atoms with E-state index >= 15 is 0 Å². The highest BCUT2D eigenvalue weighted by Crippen LogP contribution is 2.54. The number of rotatable bonds is 10. The molecule has 0 unspecified atom stereocenters. The minimum absolute atomic E-state index is 0.164. The van der Waals surface area contributed by atoms with Crippen LogP contribution < -0.4 is 9.80 Å². The van der Waals surface area contributed by atoms with Crippen LogP contribution in [0.3, 0.4) is 0 Å². The summed E-state index contributed by atoms with van der Waals surface area (Å²) in [4.78, 5) is 14.6. The monoisotopic (exact) mass is 1070 g/mol. The number of pyridine rings is 2. The zero-order valence-corrected chi connectivity index (χ0v) is 47.7. The molecule has 0 bridgehead atoms. The lowest BCUT2D eigenvalue weighted by Crippen LogP contribution is -2.17. The Morgan fingerprint density at radius 3 is 0.904 bits per heavy atom. The molecule has 3 aliphatic rings. The van der Waals surface area contributed by atoms with E-state index in [0.717, 1.165) is 45.2 Å². The van der Waals surface area contributed by atoms with E-state index < -0.39 is 0 Å². The van der Waals surface area contributed by atoms with Gasteiger partial charge in [0.05, 0.1) is 0 Å². The summed E-state index contributed by atoms with van der Waals surface area (Å²) in [5.41, 5.74) is 24.4. The molecule has 0 N–H and O–H groups in total. The van der Waals surface area contributed by atoms with Crippen molar-refractivity contribution < 1.29 is 0 Å². The van der Waals surface area contributed by atoms with Gasteiger partial charge in [-0.1, -0.05) is 236 Å². The number of hydrogen-bond donors (Lipinski definition) is 0. The van der Waals surface area contributed by atoms with Crippen molar-refractivity contribution in [1.82, 2.24) is 9.97 Å². The summed E-state index contributed by atoms with van der Waals surface area (Å²) < 4.78 is 0. The van der Waals surface area contributed by atoms with Crippen LogP contribution in [0.25, 0.3) is 79.2 Å². The van der Waals surface area contributed by atoms with Gasteiger partial charge in [0, 0.05) is 62.2 Å². The molecule has 0 amide bonds. The summed E-state index contributed by atoms with van der Waals surface area (Å²) in [7, 11) is 0. The Morgan fingerprint density at radius 1 is 0.277 bits per heavy atom. The molecule has 4 heteroatoms. The molecule has 0 saturated heterocycles. The number of hydrogen-bond acceptors (Lipinski definition) is 4. The second kappa shape index (κ2) is 19.1. The minimum Gasteiger partial charge on any atom is -0.295 e. The predicted molar refractivity (Wildman–Crippen MR) is 350 cm³/mol. The molecule has 0 saturated carbocycles. The molecule has 15 rings (SSSR count). The molecule has 0 atom stereocenters. The van der Waals surface area contributed by atoms with Gasteiger partial charge < -0.3 is 0 Å². The molecular weight excluding hydrogens is 1000 g/mol. The summed E-state index contributed by atoms with van der Waals surface area (Å²) in [6.45, 7) is 14.2. The fourth-order valence-corrected chi connectivity index (χ4v) is 13.8. The van der Waals surface area contributed by atoms with Crippen LogP contribution >= 0.6 is 0 Å². The van der Waals surface area contributed by atoms with E-state index in [1.54, 1.807) is 0 Å². The van der Waals surface area contributed by atoms with Crippen molar-refractivity contribution in [2.45, 2.75) is 57.8 Å². The fourth-order valence-electron chi connectivity index (χ4n) is 13.8.